The van der Waals surface area contributed by atoms with Gasteiger partial charge in [0, 0.05) is 38.6 Å². The van der Waals surface area contributed by atoms with Gasteiger partial charge in [0.05, 0.1) is 5.41 Å². The fraction of sp³-hybridized carbons (Fsp3) is 0.706. The van der Waals surface area contributed by atoms with Crippen LogP contribution in [0.5, 0.6) is 0 Å². The van der Waals surface area contributed by atoms with Gasteiger partial charge in [-0.25, -0.2) is 4.98 Å². The van der Waals surface area contributed by atoms with Crippen molar-refractivity contribution in [2.45, 2.75) is 32.1 Å². The Morgan fingerprint density at radius 2 is 2.25 bits per heavy atom. The van der Waals surface area contributed by atoms with E-state index in [0.717, 1.165) is 43.4 Å². The SMILES string of the molecule is CNc1nc(C(=O)N2CC[C@@]3(CCCN(CC4CC4)C3=O)C2)cs1. The number of rotatable bonds is 4. The number of aromatic nitrogens is 1. The molecule has 0 unspecified atom stereocenters. The van der Waals surface area contributed by atoms with Gasteiger partial charge in [-0.05, 0) is 38.0 Å². The van der Waals surface area contributed by atoms with E-state index in [1.54, 1.807) is 12.4 Å². The van der Waals surface area contributed by atoms with Crippen LogP contribution < -0.4 is 5.32 Å². The molecular weight excluding hydrogens is 324 g/mol. The zero-order chi connectivity index (χ0) is 16.7. The van der Waals surface area contributed by atoms with Crippen LogP contribution >= 0.6 is 11.3 Å². The summed E-state index contributed by atoms with van der Waals surface area (Å²) in [6, 6.07) is 0. The van der Waals surface area contributed by atoms with Crippen molar-refractivity contribution in [3.8, 4) is 0 Å². The van der Waals surface area contributed by atoms with Crippen molar-refractivity contribution in [3.05, 3.63) is 11.1 Å². The van der Waals surface area contributed by atoms with Crippen LogP contribution in [-0.2, 0) is 4.79 Å². The number of nitrogens with one attached hydrogen (secondary N) is 1. The summed E-state index contributed by atoms with van der Waals surface area (Å²) in [5, 5.41) is 5.50. The number of carbonyl (C=O) groups excluding carboxylic acids is 2. The molecule has 1 aromatic heterocycles. The summed E-state index contributed by atoms with van der Waals surface area (Å²) < 4.78 is 0. The molecule has 4 rings (SSSR count). The van der Waals surface area contributed by atoms with E-state index in [-0.39, 0.29) is 17.2 Å². The Hall–Kier alpha value is -1.63. The molecule has 24 heavy (non-hydrogen) atoms. The minimum atomic E-state index is -0.343. The fourth-order valence-corrected chi connectivity index (χ4v) is 4.66. The Kier molecular flexibility index (Phi) is 3.98. The lowest BCUT2D eigenvalue weighted by Crippen LogP contribution is -2.51. The first-order valence-corrected chi connectivity index (χ1v) is 9.71. The van der Waals surface area contributed by atoms with E-state index in [1.807, 2.05) is 4.90 Å². The summed E-state index contributed by atoms with van der Waals surface area (Å²) in [7, 11) is 1.80. The van der Waals surface area contributed by atoms with Crippen molar-refractivity contribution in [2.24, 2.45) is 11.3 Å². The van der Waals surface area contributed by atoms with Gasteiger partial charge in [-0.1, -0.05) is 0 Å². The monoisotopic (exact) mass is 348 g/mol. The van der Waals surface area contributed by atoms with E-state index < -0.39 is 0 Å². The third-order valence-electron chi connectivity index (χ3n) is 5.58. The van der Waals surface area contributed by atoms with Crippen molar-refractivity contribution in [1.82, 2.24) is 14.8 Å². The third-order valence-corrected chi connectivity index (χ3v) is 6.44. The van der Waals surface area contributed by atoms with E-state index in [4.69, 9.17) is 0 Å². The van der Waals surface area contributed by atoms with E-state index in [9.17, 15) is 9.59 Å². The molecular formula is C17H24N4O2S. The quantitative estimate of drug-likeness (QED) is 0.904. The number of likely N-dealkylation sites (tertiary alicyclic amines) is 2. The summed E-state index contributed by atoms with van der Waals surface area (Å²) in [5.41, 5.74) is 0.143. The number of amides is 2. The van der Waals surface area contributed by atoms with Crippen LogP contribution in [0.25, 0.3) is 0 Å². The van der Waals surface area contributed by atoms with Gasteiger partial charge < -0.3 is 15.1 Å². The molecule has 2 saturated heterocycles. The summed E-state index contributed by atoms with van der Waals surface area (Å²) in [6.45, 7) is 3.03. The van der Waals surface area contributed by atoms with Crippen LogP contribution in [0.3, 0.4) is 0 Å². The number of thiazole rings is 1. The number of hydrogen-bond donors (Lipinski definition) is 1. The summed E-state index contributed by atoms with van der Waals surface area (Å²) in [4.78, 5) is 33.9. The molecule has 3 heterocycles. The number of anilines is 1. The van der Waals surface area contributed by atoms with Gasteiger partial charge >= 0.3 is 0 Å². The van der Waals surface area contributed by atoms with Crippen LogP contribution in [0.1, 0.15) is 42.6 Å². The third kappa shape index (κ3) is 2.79. The van der Waals surface area contributed by atoms with Crippen molar-refractivity contribution in [3.63, 3.8) is 0 Å². The maximum atomic E-state index is 13.0. The van der Waals surface area contributed by atoms with Crippen molar-refractivity contribution < 1.29 is 9.59 Å². The lowest BCUT2D eigenvalue weighted by Gasteiger charge is -2.39. The highest BCUT2D eigenvalue weighted by molar-refractivity contribution is 7.13. The van der Waals surface area contributed by atoms with Gasteiger partial charge in [0.1, 0.15) is 5.69 Å². The van der Waals surface area contributed by atoms with Crippen molar-refractivity contribution in [2.75, 3.05) is 38.5 Å². The number of piperidine rings is 1. The average molecular weight is 348 g/mol. The molecule has 6 nitrogen and oxygen atoms in total. The Morgan fingerprint density at radius 3 is 2.96 bits per heavy atom. The van der Waals surface area contributed by atoms with Gasteiger partial charge in [-0.15, -0.1) is 11.3 Å². The Balaban J connectivity index is 1.46. The maximum Gasteiger partial charge on any atom is 0.273 e. The first kappa shape index (κ1) is 15.9. The molecule has 0 aromatic carbocycles. The highest BCUT2D eigenvalue weighted by Gasteiger charge is 2.50. The van der Waals surface area contributed by atoms with E-state index >= 15 is 0 Å². The average Bonchev–Trinajstić information content (AvgIpc) is 3.12. The Labute approximate surface area is 146 Å². The van der Waals surface area contributed by atoms with Crippen LogP contribution in [0.2, 0.25) is 0 Å². The second-order valence-electron chi connectivity index (χ2n) is 7.34. The van der Waals surface area contributed by atoms with E-state index in [2.05, 4.69) is 15.2 Å². The Bertz CT molecular complexity index is 657. The summed E-state index contributed by atoms with van der Waals surface area (Å²) in [5.74, 6) is 0.958. The number of carbonyl (C=O) groups is 2. The highest BCUT2D eigenvalue weighted by Crippen LogP contribution is 2.42. The largest absolute Gasteiger partial charge is 0.365 e. The molecule has 0 radical (unpaired) electrons. The molecule has 1 aromatic rings. The minimum absolute atomic E-state index is 0.0447. The lowest BCUT2D eigenvalue weighted by atomic mass is 9.78. The molecule has 3 aliphatic rings. The van der Waals surface area contributed by atoms with Gasteiger partial charge in [-0.2, -0.15) is 0 Å². The molecule has 1 spiro atoms. The van der Waals surface area contributed by atoms with Gasteiger partial charge in [0.2, 0.25) is 5.91 Å². The zero-order valence-electron chi connectivity index (χ0n) is 14.1. The maximum absolute atomic E-state index is 13.0. The van der Waals surface area contributed by atoms with E-state index in [0.29, 0.717) is 18.8 Å². The normalized spacial score (nSPS) is 27.1. The van der Waals surface area contributed by atoms with Crippen molar-refractivity contribution >= 4 is 28.3 Å². The standard InChI is InChI=1S/C17H24N4O2S/c1-18-16-19-13(10-24-16)14(22)21-8-6-17(11-21)5-2-7-20(15(17)23)9-12-3-4-12/h10,12H,2-9,11H2,1H3,(H,18,19)/t17-/m0/s1. The molecule has 130 valence electrons. The summed E-state index contributed by atoms with van der Waals surface area (Å²) in [6.07, 6.45) is 5.29. The van der Waals surface area contributed by atoms with Gasteiger partial charge in [-0.3, -0.25) is 9.59 Å². The lowest BCUT2D eigenvalue weighted by molar-refractivity contribution is -0.145. The predicted octanol–water partition coefficient (Wildman–Crippen LogP) is 2.05. The molecule has 0 bridgehead atoms. The number of hydrogen-bond acceptors (Lipinski definition) is 5. The first-order valence-electron chi connectivity index (χ1n) is 8.83. The first-order chi connectivity index (χ1) is 11.6. The smallest absolute Gasteiger partial charge is 0.273 e. The van der Waals surface area contributed by atoms with Crippen LogP contribution in [0, 0.1) is 11.3 Å². The summed E-state index contributed by atoms with van der Waals surface area (Å²) >= 11 is 1.43. The van der Waals surface area contributed by atoms with Crippen molar-refractivity contribution in [1.29, 1.82) is 0 Å². The molecule has 1 aliphatic carbocycles. The second-order valence-corrected chi connectivity index (χ2v) is 8.20. The van der Waals surface area contributed by atoms with Crippen LogP contribution in [0.15, 0.2) is 5.38 Å². The topological polar surface area (TPSA) is 65.5 Å². The Morgan fingerprint density at radius 1 is 1.42 bits per heavy atom. The van der Waals surface area contributed by atoms with E-state index in [1.165, 1.54) is 24.2 Å². The zero-order valence-corrected chi connectivity index (χ0v) is 14.9. The molecule has 1 N–H and O–H groups in total. The van der Waals surface area contributed by atoms with Gasteiger partial charge in [0.25, 0.3) is 5.91 Å². The molecule has 1 atom stereocenters. The molecule has 2 aliphatic heterocycles. The fourth-order valence-electron chi connectivity index (χ4n) is 4.01. The number of nitrogens with zero attached hydrogens (tertiary/aromatic N) is 3. The van der Waals surface area contributed by atoms with Crippen LogP contribution in [0.4, 0.5) is 5.13 Å². The predicted molar refractivity (Wildman–Crippen MR) is 93.2 cm³/mol. The molecule has 7 heteroatoms. The molecule has 2 amide bonds. The molecule has 1 saturated carbocycles. The highest BCUT2D eigenvalue weighted by atomic mass is 32.1. The van der Waals surface area contributed by atoms with Crippen LogP contribution in [-0.4, -0.2) is 59.8 Å². The molecule has 3 fully saturated rings. The van der Waals surface area contributed by atoms with Gasteiger partial charge in [0.15, 0.2) is 5.13 Å². The minimum Gasteiger partial charge on any atom is -0.365 e. The second kappa shape index (κ2) is 6.02.